The third-order valence-electron chi connectivity index (χ3n) is 3.69. The quantitative estimate of drug-likeness (QED) is 0.741. The fourth-order valence-electron chi connectivity index (χ4n) is 2.62. The van der Waals surface area contributed by atoms with Crippen LogP contribution in [-0.4, -0.2) is 6.54 Å². The Morgan fingerprint density at radius 1 is 0.944 bits per heavy atom. The van der Waals surface area contributed by atoms with Crippen LogP contribution in [0, 0.1) is 10.8 Å². The van der Waals surface area contributed by atoms with Gasteiger partial charge in [0.1, 0.15) is 0 Å². The molecule has 0 aliphatic carbocycles. The van der Waals surface area contributed by atoms with Gasteiger partial charge in [-0.15, -0.1) is 0 Å². The third-order valence-corrected chi connectivity index (χ3v) is 3.69. The van der Waals surface area contributed by atoms with E-state index in [2.05, 4.69) is 70.3 Å². The van der Waals surface area contributed by atoms with Gasteiger partial charge >= 0.3 is 0 Å². The highest BCUT2D eigenvalue weighted by Gasteiger charge is 2.27. The van der Waals surface area contributed by atoms with Crippen molar-refractivity contribution in [2.75, 3.05) is 6.54 Å². The van der Waals surface area contributed by atoms with E-state index in [1.807, 2.05) is 0 Å². The van der Waals surface area contributed by atoms with Gasteiger partial charge in [0, 0.05) is 13.1 Å². The smallest absolute Gasteiger partial charge is 0.0205 e. The van der Waals surface area contributed by atoms with Gasteiger partial charge in [0.15, 0.2) is 0 Å². The molecule has 1 N–H and O–H groups in total. The van der Waals surface area contributed by atoms with Gasteiger partial charge in [-0.05, 0) is 22.8 Å². The summed E-state index contributed by atoms with van der Waals surface area (Å²) in [6.07, 6.45) is 2.51. The van der Waals surface area contributed by atoms with E-state index in [0.717, 1.165) is 13.1 Å². The summed E-state index contributed by atoms with van der Waals surface area (Å²) < 4.78 is 0. The van der Waals surface area contributed by atoms with Crippen molar-refractivity contribution in [3.05, 3.63) is 35.9 Å². The maximum absolute atomic E-state index is 3.59. The molecule has 0 atom stereocenters. The summed E-state index contributed by atoms with van der Waals surface area (Å²) in [5.74, 6) is 0. The second kappa shape index (κ2) is 6.38. The number of rotatable bonds is 7. The van der Waals surface area contributed by atoms with E-state index in [0.29, 0.717) is 10.8 Å². The molecule has 0 unspecified atom stereocenters. The van der Waals surface area contributed by atoms with Gasteiger partial charge in [0.2, 0.25) is 0 Å². The molecule has 1 nitrogen and oxygen atoms in total. The molecule has 0 fully saturated rings. The third kappa shape index (κ3) is 5.68. The minimum atomic E-state index is 0.355. The lowest BCUT2D eigenvalue weighted by atomic mass is 9.73. The Balaban J connectivity index is 2.38. The highest BCUT2D eigenvalue weighted by molar-refractivity contribution is 5.14. The Hall–Kier alpha value is -0.820. The summed E-state index contributed by atoms with van der Waals surface area (Å²) in [4.78, 5) is 0. The summed E-state index contributed by atoms with van der Waals surface area (Å²) in [5, 5.41) is 3.59. The Morgan fingerprint density at radius 3 is 2.11 bits per heavy atom. The summed E-state index contributed by atoms with van der Waals surface area (Å²) in [6, 6.07) is 10.6. The normalized spacial score (nSPS) is 12.7. The average Bonchev–Trinajstić information content (AvgIpc) is 2.29. The van der Waals surface area contributed by atoms with Gasteiger partial charge in [-0.25, -0.2) is 0 Å². The Bertz CT molecular complexity index is 338. The van der Waals surface area contributed by atoms with Crippen molar-refractivity contribution in [3.63, 3.8) is 0 Å². The molecule has 0 heterocycles. The lowest BCUT2D eigenvalue weighted by Crippen LogP contribution is -2.33. The maximum Gasteiger partial charge on any atom is 0.0205 e. The van der Waals surface area contributed by atoms with Crippen LogP contribution in [0.25, 0.3) is 0 Å². The molecule has 0 spiro atoms. The molecule has 0 bridgehead atoms. The topological polar surface area (TPSA) is 12.0 Å². The fraction of sp³-hybridized carbons (Fsp3) is 0.647. The molecule has 18 heavy (non-hydrogen) atoms. The van der Waals surface area contributed by atoms with Crippen molar-refractivity contribution in [1.82, 2.24) is 5.32 Å². The van der Waals surface area contributed by atoms with Crippen molar-refractivity contribution in [2.45, 2.75) is 54.0 Å². The molecule has 1 heteroatoms. The molecule has 0 aromatic heterocycles. The first kappa shape index (κ1) is 15.2. The van der Waals surface area contributed by atoms with Crippen LogP contribution in [-0.2, 0) is 6.54 Å². The van der Waals surface area contributed by atoms with Crippen LogP contribution >= 0.6 is 0 Å². The van der Waals surface area contributed by atoms with Crippen LogP contribution < -0.4 is 5.32 Å². The molecule has 0 saturated carbocycles. The van der Waals surface area contributed by atoms with Crippen molar-refractivity contribution in [2.24, 2.45) is 10.8 Å². The van der Waals surface area contributed by atoms with Crippen LogP contribution in [0.3, 0.4) is 0 Å². The zero-order valence-electron chi connectivity index (χ0n) is 12.7. The van der Waals surface area contributed by atoms with E-state index >= 15 is 0 Å². The lowest BCUT2D eigenvalue weighted by molar-refractivity contribution is 0.183. The number of hydrogen-bond donors (Lipinski definition) is 1. The number of nitrogens with one attached hydrogen (secondary N) is 1. The van der Waals surface area contributed by atoms with Crippen LogP contribution in [0.1, 0.15) is 53.0 Å². The van der Waals surface area contributed by atoms with Crippen molar-refractivity contribution in [3.8, 4) is 0 Å². The van der Waals surface area contributed by atoms with Gasteiger partial charge in [-0.1, -0.05) is 71.4 Å². The van der Waals surface area contributed by atoms with E-state index in [9.17, 15) is 0 Å². The monoisotopic (exact) mass is 247 g/mol. The van der Waals surface area contributed by atoms with E-state index in [1.165, 1.54) is 18.4 Å². The van der Waals surface area contributed by atoms with E-state index in [1.54, 1.807) is 0 Å². The molecule has 0 amide bonds. The number of benzene rings is 1. The van der Waals surface area contributed by atoms with Crippen LogP contribution in [0.2, 0.25) is 0 Å². The van der Waals surface area contributed by atoms with E-state index in [4.69, 9.17) is 0 Å². The zero-order chi connectivity index (χ0) is 13.6. The summed E-state index contributed by atoms with van der Waals surface area (Å²) in [6.45, 7) is 13.8. The molecule has 0 radical (unpaired) electrons. The minimum absolute atomic E-state index is 0.355. The first-order chi connectivity index (χ1) is 8.35. The molecular weight excluding hydrogens is 218 g/mol. The molecule has 1 aromatic rings. The zero-order valence-corrected chi connectivity index (χ0v) is 12.7. The van der Waals surface area contributed by atoms with Gasteiger partial charge in [0.05, 0.1) is 0 Å². The van der Waals surface area contributed by atoms with Crippen molar-refractivity contribution >= 4 is 0 Å². The van der Waals surface area contributed by atoms with Gasteiger partial charge in [-0.3, -0.25) is 0 Å². The minimum Gasteiger partial charge on any atom is -0.312 e. The maximum atomic E-state index is 3.59. The Kier molecular flexibility index (Phi) is 5.40. The van der Waals surface area contributed by atoms with E-state index in [-0.39, 0.29) is 0 Å². The van der Waals surface area contributed by atoms with Crippen LogP contribution in [0.5, 0.6) is 0 Å². The molecule has 0 aliphatic rings. The van der Waals surface area contributed by atoms with Crippen molar-refractivity contribution in [1.29, 1.82) is 0 Å². The van der Waals surface area contributed by atoms with Gasteiger partial charge < -0.3 is 5.32 Å². The predicted molar refractivity (Wildman–Crippen MR) is 80.6 cm³/mol. The first-order valence-corrected chi connectivity index (χ1v) is 7.09. The first-order valence-electron chi connectivity index (χ1n) is 7.09. The standard InChI is InChI=1S/C17H29N/c1-6-16(2,3)13-17(4,5)14-18-12-15-10-8-7-9-11-15/h7-11,18H,6,12-14H2,1-5H3. The van der Waals surface area contributed by atoms with E-state index < -0.39 is 0 Å². The Morgan fingerprint density at radius 2 is 1.56 bits per heavy atom. The fourth-order valence-corrected chi connectivity index (χ4v) is 2.62. The largest absolute Gasteiger partial charge is 0.312 e. The highest BCUT2D eigenvalue weighted by Crippen LogP contribution is 2.35. The van der Waals surface area contributed by atoms with Crippen LogP contribution in [0.4, 0.5) is 0 Å². The SMILES string of the molecule is CCC(C)(C)CC(C)(C)CNCc1ccccc1. The van der Waals surface area contributed by atoms with Gasteiger partial charge in [-0.2, -0.15) is 0 Å². The predicted octanol–water partition coefficient (Wildman–Crippen LogP) is 4.63. The Labute approximate surface area is 113 Å². The molecule has 0 saturated heterocycles. The summed E-state index contributed by atoms with van der Waals surface area (Å²) in [7, 11) is 0. The van der Waals surface area contributed by atoms with Crippen molar-refractivity contribution < 1.29 is 0 Å². The highest BCUT2D eigenvalue weighted by atomic mass is 14.9. The average molecular weight is 247 g/mol. The molecule has 102 valence electrons. The second-order valence-corrected chi connectivity index (χ2v) is 6.95. The molecule has 0 aliphatic heterocycles. The number of hydrogen-bond acceptors (Lipinski definition) is 1. The van der Waals surface area contributed by atoms with Gasteiger partial charge in [0.25, 0.3) is 0 Å². The van der Waals surface area contributed by atoms with Crippen LogP contribution in [0.15, 0.2) is 30.3 Å². The lowest BCUT2D eigenvalue weighted by Gasteiger charge is -2.34. The molecule has 1 aromatic carbocycles. The summed E-state index contributed by atoms with van der Waals surface area (Å²) in [5.41, 5.74) is 2.16. The summed E-state index contributed by atoms with van der Waals surface area (Å²) >= 11 is 0. The second-order valence-electron chi connectivity index (χ2n) is 6.95. The molecular formula is C17H29N. The molecule has 1 rings (SSSR count).